The van der Waals surface area contributed by atoms with E-state index >= 15 is 0 Å². The van der Waals surface area contributed by atoms with Crippen LogP contribution in [0.2, 0.25) is 5.04 Å². The van der Waals surface area contributed by atoms with E-state index in [1.165, 1.54) is 12.3 Å². The van der Waals surface area contributed by atoms with Crippen molar-refractivity contribution in [1.29, 1.82) is 0 Å². The number of nitrogens with zero attached hydrogens (tertiary/aromatic N) is 2. The van der Waals surface area contributed by atoms with E-state index in [1.807, 2.05) is 60.7 Å². The molecule has 0 unspecified atom stereocenters. The number of aliphatic hydroxyl groups excluding tert-OH is 2. The van der Waals surface area contributed by atoms with Gasteiger partial charge in [0, 0.05) is 11.8 Å². The topological polar surface area (TPSA) is 137 Å². The van der Waals surface area contributed by atoms with Crippen LogP contribution in [0, 0.1) is 0 Å². The summed E-state index contributed by atoms with van der Waals surface area (Å²) in [7, 11) is -3.06. The normalized spacial score (nSPS) is 22.6. The second-order valence-corrected chi connectivity index (χ2v) is 15.8. The van der Waals surface area contributed by atoms with Crippen LogP contribution in [0.25, 0.3) is 0 Å². The van der Waals surface area contributed by atoms with Crippen molar-refractivity contribution in [2.24, 2.45) is 0 Å². The molecule has 4 atom stereocenters. The van der Waals surface area contributed by atoms with Crippen molar-refractivity contribution in [1.82, 2.24) is 9.55 Å². The summed E-state index contributed by atoms with van der Waals surface area (Å²) in [6.45, 7) is 6.18. The maximum absolute atomic E-state index is 14.1. The first-order chi connectivity index (χ1) is 20.0. The standard InChI is InChI=1S/C32H35N3O6Si/c1-31(2,3)42(23-15-9-5-10-16-23,24-17-11-6-12-18-24)40-21-25-27(36)29(38)32(41-25,28(37)22-13-7-4-8-14-22)35-20-19-26(33)34-30(35)39/h4-20,25,27,29,36,38H,21H2,1-3H3,(H2,33,34,39)/t25-,27-,29-,32-/m1/s1. The number of ether oxygens (including phenoxy) is 1. The molecule has 218 valence electrons. The minimum atomic E-state index is -3.06. The van der Waals surface area contributed by atoms with Crippen LogP contribution in [0.15, 0.2) is 108 Å². The Morgan fingerprint density at radius 1 is 0.952 bits per heavy atom. The number of hydrogen-bond acceptors (Lipinski definition) is 8. The monoisotopic (exact) mass is 585 g/mol. The largest absolute Gasteiger partial charge is 0.405 e. The number of aliphatic hydroxyl groups is 2. The van der Waals surface area contributed by atoms with E-state index in [0.29, 0.717) is 0 Å². The van der Waals surface area contributed by atoms with E-state index in [-0.39, 0.29) is 23.0 Å². The maximum Gasteiger partial charge on any atom is 0.352 e. The predicted octanol–water partition coefficient (Wildman–Crippen LogP) is 2.06. The molecule has 0 spiro atoms. The van der Waals surface area contributed by atoms with Crippen LogP contribution in [0.3, 0.4) is 0 Å². The summed E-state index contributed by atoms with van der Waals surface area (Å²) in [6.07, 6.45) is -3.31. The van der Waals surface area contributed by atoms with Gasteiger partial charge in [-0.05, 0) is 21.5 Å². The lowest BCUT2D eigenvalue weighted by Gasteiger charge is -2.43. The second kappa shape index (κ2) is 11.4. The summed E-state index contributed by atoms with van der Waals surface area (Å²) < 4.78 is 14.1. The molecule has 4 N–H and O–H groups in total. The molecule has 5 rings (SSSR count). The van der Waals surface area contributed by atoms with Gasteiger partial charge in [-0.1, -0.05) is 112 Å². The Bertz CT molecular complexity index is 1550. The number of benzene rings is 3. The molecule has 0 aliphatic carbocycles. The number of carbonyl (C=O) groups is 1. The molecular weight excluding hydrogens is 550 g/mol. The quantitative estimate of drug-likeness (QED) is 0.211. The number of ketones is 1. The lowest BCUT2D eigenvalue weighted by atomic mass is 9.93. The zero-order valence-corrected chi connectivity index (χ0v) is 24.8. The summed E-state index contributed by atoms with van der Waals surface area (Å²) in [5.41, 5.74) is 2.69. The van der Waals surface area contributed by atoms with Crippen LogP contribution in [-0.2, 0) is 14.9 Å². The van der Waals surface area contributed by atoms with Gasteiger partial charge >= 0.3 is 5.69 Å². The van der Waals surface area contributed by atoms with E-state index in [9.17, 15) is 19.8 Å². The molecule has 3 aromatic carbocycles. The van der Waals surface area contributed by atoms with Gasteiger partial charge in [0.25, 0.3) is 8.32 Å². The fourth-order valence-electron chi connectivity index (χ4n) is 5.87. The summed E-state index contributed by atoms with van der Waals surface area (Å²) in [5.74, 6) is -0.769. The van der Waals surface area contributed by atoms with E-state index in [0.717, 1.165) is 14.9 Å². The first-order valence-corrected chi connectivity index (χ1v) is 15.7. The Morgan fingerprint density at radius 3 is 1.98 bits per heavy atom. The Morgan fingerprint density at radius 2 is 1.48 bits per heavy atom. The molecule has 1 aliphatic heterocycles. The smallest absolute Gasteiger partial charge is 0.352 e. The summed E-state index contributed by atoms with van der Waals surface area (Å²) in [6, 6.07) is 29.4. The highest BCUT2D eigenvalue weighted by Crippen LogP contribution is 2.41. The van der Waals surface area contributed by atoms with Crippen molar-refractivity contribution in [3.63, 3.8) is 0 Å². The van der Waals surface area contributed by atoms with Crippen LogP contribution in [0.4, 0.5) is 5.82 Å². The lowest BCUT2D eigenvalue weighted by molar-refractivity contribution is -0.116. The molecule has 42 heavy (non-hydrogen) atoms. The van der Waals surface area contributed by atoms with Gasteiger partial charge in [0.15, 0.2) is 0 Å². The Hall–Kier alpha value is -3.93. The molecule has 1 aliphatic rings. The van der Waals surface area contributed by atoms with Gasteiger partial charge in [0.1, 0.15) is 24.1 Å². The van der Waals surface area contributed by atoms with E-state index in [1.54, 1.807) is 30.3 Å². The van der Waals surface area contributed by atoms with Crippen LogP contribution in [0.1, 0.15) is 31.1 Å². The van der Waals surface area contributed by atoms with Crippen LogP contribution in [0.5, 0.6) is 0 Å². The first kappa shape index (κ1) is 29.6. The summed E-state index contributed by atoms with van der Waals surface area (Å²) in [5, 5.41) is 24.6. The third kappa shape index (κ3) is 4.91. The van der Waals surface area contributed by atoms with Crippen molar-refractivity contribution < 1.29 is 24.2 Å². The van der Waals surface area contributed by atoms with Gasteiger partial charge in [0.05, 0.1) is 6.61 Å². The highest BCUT2D eigenvalue weighted by atomic mass is 28.4. The van der Waals surface area contributed by atoms with Crippen LogP contribution in [-0.4, -0.2) is 58.8 Å². The number of hydrogen-bond donors (Lipinski definition) is 3. The zero-order valence-electron chi connectivity index (χ0n) is 23.8. The molecule has 0 radical (unpaired) electrons. The molecule has 10 heteroatoms. The van der Waals surface area contributed by atoms with Gasteiger partial charge < -0.3 is 25.1 Å². The van der Waals surface area contributed by atoms with E-state index in [2.05, 4.69) is 25.8 Å². The predicted molar refractivity (Wildman–Crippen MR) is 162 cm³/mol. The number of carbonyl (C=O) groups excluding carboxylic acids is 1. The summed E-state index contributed by atoms with van der Waals surface area (Å²) >= 11 is 0. The van der Waals surface area contributed by atoms with Crippen molar-refractivity contribution in [3.8, 4) is 0 Å². The zero-order chi connectivity index (χ0) is 30.1. The second-order valence-electron chi connectivity index (χ2n) is 11.5. The minimum Gasteiger partial charge on any atom is -0.405 e. The number of nitrogens with two attached hydrogens (primary N) is 1. The highest BCUT2D eigenvalue weighted by Gasteiger charge is 2.62. The fraction of sp³-hybridized carbons (Fsp3) is 0.281. The Balaban J connectivity index is 1.60. The first-order valence-electron chi connectivity index (χ1n) is 13.8. The number of anilines is 1. The number of rotatable bonds is 8. The van der Waals surface area contributed by atoms with Crippen molar-refractivity contribution in [2.75, 3.05) is 12.3 Å². The lowest BCUT2D eigenvalue weighted by Crippen LogP contribution is -2.67. The van der Waals surface area contributed by atoms with Gasteiger partial charge in [-0.2, -0.15) is 4.98 Å². The molecule has 1 aromatic heterocycles. The molecule has 4 aromatic rings. The molecule has 1 saturated heterocycles. The molecule has 9 nitrogen and oxygen atoms in total. The molecular formula is C32H35N3O6Si. The Labute approximate surface area is 245 Å². The van der Waals surface area contributed by atoms with Crippen molar-refractivity contribution in [3.05, 3.63) is 119 Å². The maximum atomic E-state index is 14.1. The van der Waals surface area contributed by atoms with Gasteiger partial charge in [-0.3, -0.25) is 9.36 Å². The van der Waals surface area contributed by atoms with Crippen LogP contribution < -0.4 is 21.8 Å². The molecule has 0 amide bonds. The summed E-state index contributed by atoms with van der Waals surface area (Å²) in [4.78, 5) is 30.9. The number of Topliss-reactive ketones (excluding diaryl/α,β-unsaturated/α-hetero) is 1. The number of aromatic nitrogens is 2. The molecule has 1 fully saturated rings. The average Bonchev–Trinajstić information content (AvgIpc) is 3.24. The van der Waals surface area contributed by atoms with Crippen LogP contribution >= 0.6 is 0 Å². The molecule has 2 heterocycles. The highest BCUT2D eigenvalue weighted by molar-refractivity contribution is 6.99. The number of nitrogen functional groups attached to an aromatic ring is 1. The van der Waals surface area contributed by atoms with E-state index < -0.39 is 43.8 Å². The minimum absolute atomic E-state index is 0.0573. The molecule has 0 saturated carbocycles. The SMILES string of the molecule is CC(C)(C)[Si](OC[C@H]1O[C@@](C(=O)c2ccccc2)(n2ccc(N)nc2=O)[C@H](O)[C@@H]1O)(c1ccccc1)c1ccccc1. The van der Waals surface area contributed by atoms with Gasteiger partial charge in [-0.25, -0.2) is 4.79 Å². The van der Waals surface area contributed by atoms with E-state index in [4.69, 9.17) is 14.9 Å². The van der Waals surface area contributed by atoms with Gasteiger partial charge in [-0.15, -0.1) is 0 Å². The Kier molecular flexibility index (Phi) is 8.01. The molecule has 0 bridgehead atoms. The third-order valence-corrected chi connectivity index (χ3v) is 12.9. The van der Waals surface area contributed by atoms with Crippen molar-refractivity contribution >= 4 is 30.3 Å². The van der Waals surface area contributed by atoms with Gasteiger partial charge in [0.2, 0.25) is 11.5 Å². The van der Waals surface area contributed by atoms with Crippen molar-refractivity contribution in [2.45, 2.75) is 49.8 Å². The third-order valence-electron chi connectivity index (χ3n) is 7.86. The fourth-order valence-corrected chi connectivity index (χ4v) is 10.4. The average molecular weight is 586 g/mol.